The number of para-hydroxylation sites is 1. The van der Waals surface area contributed by atoms with Crippen LogP contribution < -0.4 is 16.0 Å². The first kappa shape index (κ1) is 17.7. The Balaban J connectivity index is 1.29. The lowest BCUT2D eigenvalue weighted by Crippen LogP contribution is -2.28. The number of carbonyl (C=O) groups is 2. The second kappa shape index (κ2) is 7.93. The minimum absolute atomic E-state index is 0.247. The molecule has 4 rings (SSSR count). The second-order valence-corrected chi connectivity index (χ2v) is 6.95. The highest BCUT2D eigenvalue weighted by atomic mass is 32.1. The van der Waals surface area contributed by atoms with Gasteiger partial charge >= 0.3 is 6.03 Å². The summed E-state index contributed by atoms with van der Waals surface area (Å²) in [5.41, 5.74) is 2.40. The minimum Gasteiger partial charge on any atom is -0.459 e. The third-order valence-electron chi connectivity index (χ3n) is 3.92. The molecule has 0 spiro atoms. The number of hydrogen-bond acceptors (Lipinski definition) is 5. The zero-order valence-corrected chi connectivity index (χ0v) is 15.5. The van der Waals surface area contributed by atoms with Gasteiger partial charge in [-0.1, -0.05) is 35.6 Å². The molecule has 2 aromatic heterocycles. The number of fused-ring (bicyclic) bond motifs is 1. The van der Waals surface area contributed by atoms with Crippen LogP contribution in [0.1, 0.15) is 16.1 Å². The molecule has 0 aliphatic heterocycles. The van der Waals surface area contributed by atoms with Gasteiger partial charge in [0.2, 0.25) is 0 Å². The molecule has 0 aliphatic rings. The quantitative estimate of drug-likeness (QED) is 0.467. The molecule has 0 saturated carbocycles. The van der Waals surface area contributed by atoms with Crippen LogP contribution in [0.5, 0.6) is 0 Å². The van der Waals surface area contributed by atoms with E-state index in [1.165, 1.54) is 17.6 Å². The van der Waals surface area contributed by atoms with Crippen LogP contribution in [0.25, 0.3) is 10.2 Å². The molecule has 0 unspecified atom stereocenters. The topological polar surface area (TPSA) is 96.3 Å². The lowest BCUT2D eigenvalue weighted by molar-refractivity contribution is 0.0996. The molecule has 0 atom stereocenters. The number of benzene rings is 2. The van der Waals surface area contributed by atoms with Crippen molar-refractivity contribution in [2.45, 2.75) is 6.54 Å². The smallest absolute Gasteiger partial charge is 0.321 e. The van der Waals surface area contributed by atoms with E-state index >= 15 is 0 Å². The van der Waals surface area contributed by atoms with Crippen molar-refractivity contribution in [1.29, 1.82) is 0 Å². The molecule has 0 radical (unpaired) electrons. The van der Waals surface area contributed by atoms with Crippen LogP contribution in [0.15, 0.2) is 71.3 Å². The summed E-state index contributed by atoms with van der Waals surface area (Å²) in [7, 11) is 0. The summed E-state index contributed by atoms with van der Waals surface area (Å²) >= 11 is 1.42. The SMILES string of the molecule is O=C(NCc1ccc(NC(=O)c2ccco2)cc1)Nc1nc2ccccc2s1. The molecule has 0 fully saturated rings. The molecule has 2 aromatic carbocycles. The zero-order chi connectivity index (χ0) is 19.3. The Morgan fingerprint density at radius 2 is 1.79 bits per heavy atom. The van der Waals surface area contributed by atoms with Crippen LogP contribution in [0, 0.1) is 0 Å². The lowest BCUT2D eigenvalue weighted by Gasteiger charge is -2.07. The van der Waals surface area contributed by atoms with Gasteiger partial charge in [0.25, 0.3) is 5.91 Å². The minimum atomic E-state index is -0.325. The Bertz CT molecular complexity index is 1070. The Hall–Kier alpha value is -3.65. The maximum Gasteiger partial charge on any atom is 0.321 e. The maximum atomic E-state index is 12.1. The standard InChI is InChI=1S/C20H16N4O3S/c25-18(16-5-3-11-27-16)22-14-9-7-13(8-10-14)12-21-19(26)24-20-23-15-4-1-2-6-17(15)28-20/h1-11H,12H2,(H,22,25)(H2,21,23,24,26). The number of thiazole rings is 1. The van der Waals surface area contributed by atoms with E-state index in [4.69, 9.17) is 4.42 Å². The molecule has 140 valence electrons. The molecule has 3 N–H and O–H groups in total. The van der Waals surface area contributed by atoms with Gasteiger partial charge in [0.15, 0.2) is 10.9 Å². The van der Waals surface area contributed by atoms with Gasteiger partial charge in [-0.05, 0) is 42.0 Å². The normalized spacial score (nSPS) is 10.6. The molecule has 28 heavy (non-hydrogen) atoms. The van der Waals surface area contributed by atoms with Gasteiger partial charge in [-0.2, -0.15) is 0 Å². The predicted molar refractivity (Wildman–Crippen MR) is 109 cm³/mol. The fraction of sp³-hybridized carbons (Fsp3) is 0.0500. The first-order chi connectivity index (χ1) is 13.7. The van der Waals surface area contributed by atoms with E-state index in [1.807, 2.05) is 36.4 Å². The van der Waals surface area contributed by atoms with Crippen molar-refractivity contribution in [3.8, 4) is 0 Å². The summed E-state index contributed by atoms with van der Waals surface area (Å²) < 4.78 is 6.07. The van der Waals surface area contributed by atoms with E-state index in [9.17, 15) is 9.59 Å². The van der Waals surface area contributed by atoms with Gasteiger partial charge < -0.3 is 15.1 Å². The monoisotopic (exact) mass is 392 g/mol. The fourth-order valence-corrected chi connectivity index (χ4v) is 3.42. The molecule has 7 nitrogen and oxygen atoms in total. The van der Waals surface area contributed by atoms with Gasteiger partial charge in [0, 0.05) is 12.2 Å². The molecular weight excluding hydrogens is 376 g/mol. The first-order valence-electron chi connectivity index (χ1n) is 8.51. The van der Waals surface area contributed by atoms with Gasteiger partial charge in [-0.15, -0.1) is 0 Å². The number of urea groups is 1. The van der Waals surface area contributed by atoms with Crippen LogP contribution in [0.3, 0.4) is 0 Å². The van der Waals surface area contributed by atoms with Crippen molar-refractivity contribution in [2.24, 2.45) is 0 Å². The highest BCUT2D eigenvalue weighted by Crippen LogP contribution is 2.25. The van der Waals surface area contributed by atoms with Gasteiger partial charge in [-0.25, -0.2) is 9.78 Å². The number of nitrogens with zero attached hydrogens (tertiary/aromatic N) is 1. The molecule has 2 heterocycles. The summed E-state index contributed by atoms with van der Waals surface area (Å²) in [5.74, 6) is -0.0663. The summed E-state index contributed by atoms with van der Waals surface area (Å²) in [4.78, 5) is 28.4. The first-order valence-corrected chi connectivity index (χ1v) is 9.33. The number of hydrogen-bond donors (Lipinski definition) is 3. The largest absolute Gasteiger partial charge is 0.459 e. The highest BCUT2D eigenvalue weighted by molar-refractivity contribution is 7.22. The van der Waals surface area contributed by atoms with E-state index in [1.54, 1.807) is 24.3 Å². The predicted octanol–water partition coefficient (Wildman–Crippen LogP) is 4.46. The molecule has 4 aromatic rings. The van der Waals surface area contributed by atoms with Crippen molar-refractivity contribution in [2.75, 3.05) is 10.6 Å². The number of nitrogens with one attached hydrogen (secondary N) is 3. The van der Waals surface area contributed by atoms with Crippen molar-refractivity contribution in [1.82, 2.24) is 10.3 Å². The van der Waals surface area contributed by atoms with E-state index in [-0.39, 0.29) is 17.7 Å². The van der Waals surface area contributed by atoms with Gasteiger partial charge in [-0.3, -0.25) is 10.1 Å². The second-order valence-electron chi connectivity index (χ2n) is 5.92. The van der Waals surface area contributed by atoms with Gasteiger partial charge in [0.1, 0.15) is 0 Å². The molecule has 0 saturated heterocycles. The number of furan rings is 1. The van der Waals surface area contributed by atoms with Crippen LogP contribution in [0.4, 0.5) is 15.6 Å². The van der Waals surface area contributed by atoms with E-state index in [0.717, 1.165) is 15.8 Å². The molecular formula is C20H16N4O3S. The average Bonchev–Trinajstić information content (AvgIpc) is 3.37. The summed E-state index contributed by atoms with van der Waals surface area (Å²) in [6.45, 7) is 0.350. The Morgan fingerprint density at radius 3 is 2.54 bits per heavy atom. The Kier molecular flexibility index (Phi) is 5.03. The third-order valence-corrected chi connectivity index (χ3v) is 4.88. The molecule has 8 heteroatoms. The van der Waals surface area contributed by atoms with E-state index in [0.29, 0.717) is 17.4 Å². The number of anilines is 2. The molecule has 0 aliphatic carbocycles. The third kappa shape index (κ3) is 4.18. The van der Waals surface area contributed by atoms with Gasteiger partial charge in [0.05, 0.1) is 16.5 Å². The summed E-state index contributed by atoms with van der Waals surface area (Å²) in [6.07, 6.45) is 1.45. The lowest BCUT2D eigenvalue weighted by atomic mass is 10.2. The number of carbonyl (C=O) groups excluding carboxylic acids is 2. The maximum absolute atomic E-state index is 12.1. The van der Waals surface area contributed by atoms with Crippen molar-refractivity contribution in [3.05, 3.63) is 78.3 Å². The van der Waals surface area contributed by atoms with E-state index < -0.39 is 0 Å². The Labute approximate surface area is 164 Å². The molecule has 0 bridgehead atoms. The van der Waals surface area contributed by atoms with Crippen molar-refractivity contribution >= 4 is 44.3 Å². The van der Waals surface area contributed by atoms with Crippen LogP contribution in [0.2, 0.25) is 0 Å². The average molecular weight is 392 g/mol. The highest BCUT2D eigenvalue weighted by Gasteiger charge is 2.09. The number of aromatic nitrogens is 1. The van der Waals surface area contributed by atoms with Crippen LogP contribution >= 0.6 is 11.3 Å². The zero-order valence-electron chi connectivity index (χ0n) is 14.6. The fourth-order valence-electron chi connectivity index (χ4n) is 2.56. The Morgan fingerprint density at radius 1 is 0.964 bits per heavy atom. The van der Waals surface area contributed by atoms with E-state index in [2.05, 4.69) is 20.9 Å². The number of amides is 3. The van der Waals surface area contributed by atoms with Crippen molar-refractivity contribution in [3.63, 3.8) is 0 Å². The summed E-state index contributed by atoms with van der Waals surface area (Å²) in [5, 5.41) is 8.83. The number of rotatable bonds is 5. The van der Waals surface area contributed by atoms with Crippen molar-refractivity contribution < 1.29 is 14.0 Å². The molecule has 3 amide bonds. The van der Waals surface area contributed by atoms with Crippen LogP contribution in [-0.4, -0.2) is 16.9 Å². The van der Waals surface area contributed by atoms with Crippen LogP contribution in [-0.2, 0) is 6.54 Å². The summed E-state index contributed by atoms with van der Waals surface area (Å²) in [6, 6.07) is 17.8.